The van der Waals surface area contributed by atoms with Crippen molar-refractivity contribution in [2.24, 2.45) is 5.73 Å². The van der Waals surface area contributed by atoms with E-state index in [1.807, 2.05) is 0 Å². The van der Waals surface area contributed by atoms with Crippen LogP contribution in [0.15, 0.2) is 0 Å². The highest BCUT2D eigenvalue weighted by Crippen LogP contribution is 2.17. The monoisotopic (exact) mass is 173 g/mol. The first-order valence-electron chi connectivity index (χ1n) is 4.23. The molecular formula is C8H15NO3. The van der Waals surface area contributed by atoms with Crippen molar-refractivity contribution < 1.29 is 14.3 Å². The Kier molecular flexibility index (Phi) is 3.05. The average Bonchev–Trinajstić information content (AvgIpc) is 2.06. The van der Waals surface area contributed by atoms with Crippen LogP contribution in [-0.4, -0.2) is 31.3 Å². The lowest BCUT2D eigenvalue weighted by Gasteiger charge is -2.30. The standard InChI is InChI=1S/C8H15NO3/c1-2-12-7(10)8(9)4-3-5-11-6-8/h2-6,9H2,1H3/t8-/m1/s1. The molecule has 12 heavy (non-hydrogen) atoms. The minimum absolute atomic E-state index is 0.284. The second-order valence-electron chi connectivity index (χ2n) is 3.03. The zero-order chi connectivity index (χ0) is 9.03. The van der Waals surface area contributed by atoms with Crippen molar-refractivity contribution >= 4 is 5.97 Å². The fraction of sp³-hybridized carbons (Fsp3) is 0.875. The van der Waals surface area contributed by atoms with Gasteiger partial charge in [-0.2, -0.15) is 0 Å². The summed E-state index contributed by atoms with van der Waals surface area (Å²) in [6.07, 6.45) is 1.49. The zero-order valence-corrected chi connectivity index (χ0v) is 7.34. The zero-order valence-electron chi connectivity index (χ0n) is 7.34. The van der Waals surface area contributed by atoms with E-state index in [0.717, 1.165) is 6.42 Å². The molecule has 0 saturated carbocycles. The predicted octanol–water partition coefficient (Wildman–Crippen LogP) is 0.0574. The molecule has 0 amide bonds. The number of ether oxygens (including phenoxy) is 2. The van der Waals surface area contributed by atoms with Crippen molar-refractivity contribution in [3.63, 3.8) is 0 Å². The molecule has 1 aliphatic rings. The van der Waals surface area contributed by atoms with Crippen LogP contribution in [0, 0.1) is 0 Å². The fourth-order valence-electron chi connectivity index (χ4n) is 1.25. The first kappa shape index (κ1) is 9.48. The second-order valence-corrected chi connectivity index (χ2v) is 3.03. The quantitative estimate of drug-likeness (QED) is 0.600. The molecule has 1 saturated heterocycles. The maximum absolute atomic E-state index is 11.3. The predicted molar refractivity (Wildman–Crippen MR) is 43.6 cm³/mol. The van der Waals surface area contributed by atoms with Crippen molar-refractivity contribution in [2.75, 3.05) is 19.8 Å². The van der Waals surface area contributed by atoms with Gasteiger partial charge in [0.05, 0.1) is 13.2 Å². The van der Waals surface area contributed by atoms with E-state index in [1.54, 1.807) is 6.92 Å². The third-order valence-electron chi connectivity index (χ3n) is 1.95. The van der Waals surface area contributed by atoms with Gasteiger partial charge < -0.3 is 15.2 Å². The van der Waals surface area contributed by atoms with Crippen LogP contribution in [0.1, 0.15) is 19.8 Å². The molecule has 0 bridgehead atoms. The number of carbonyl (C=O) groups is 1. The van der Waals surface area contributed by atoms with Gasteiger partial charge in [0.1, 0.15) is 5.54 Å². The molecule has 0 aliphatic carbocycles. The molecule has 0 radical (unpaired) electrons. The van der Waals surface area contributed by atoms with E-state index in [9.17, 15) is 4.79 Å². The highest BCUT2D eigenvalue weighted by atomic mass is 16.5. The minimum atomic E-state index is -0.895. The summed E-state index contributed by atoms with van der Waals surface area (Å²) >= 11 is 0. The summed E-state index contributed by atoms with van der Waals surface area (Å²) in [6.45, 7) is 3.12. The summed E-state index contributed by atoms with van der Waals surface area (Å²) in [6, 6.07) is 0. The summed E-state index contributed by atoms with van der Waals surface area (Å²) in [5.41, 5.74) is 4.89. The van der Waals surface area contributed by atoms with Crippen LogP contribution in [0.2, 0.25) is 0 Å². The van der Waals surface area contributed by atoms with E-state index < -0.39 is 5.54 Å². The van der Waals surface area contributed by atoms with Gasteiger partial charge in [-0.1, -0.05) is 0 Å². The summed E-state index contributed by atoms with van der Waals surface area (Å²) < 4.78 is 9.97. The summed E-state index contributed by atoms with van der Waals surface area (Å²) in [5.74, 6) is -0.343. The number of carbonyl (C=O) groups excluding carboxylic acids is 1. The van der Waals surface area contributed by atoms with E-state index in [0.29, 0.717) is 19.6 Å². The molecule has 0 aromatic rings. The number of rotatable bonds is 2. The maximum atomic E-state index is 11.3. The van der Waals surface area contributed by atoms with Crippen LogP contribution < -0.4 is 5.73 Å². The van der Waals surface area contributed by atoms with Crippen LogP contribution in [0.5, 0.6) is 0 Å². The lowest BCUT2D eigenvalue weighted by atomic mass is 9.94. The van der Waals surface area contributed by atoms with Crippen LogP contribution >= 0.6 is 0 Å². The van der Waals surface area contributed by atoms with Gasteiger partial charge >= 0.3 is 5.97 Å². The van der Waals surface area contributed by atoms with Gasteiger partial charge in [-0.05, 0) is 19.8 Å². The maximum Gasteiger partial charge on any atom is 0.328 e. The highest BCUT2D eigenvalue weighted by molar-refractivity contribution is 5.80. The van der Waals surface area contributed by atoms with Crippen molar-refractivity contribution in [1.29, 1.82) is 0 Å². The first-order chi connectivity index (χ1) is 5.69. The number of nitrogens with two attached hydrogens (primary N) is 1. The molecule has 2 N–H and O–H groups in total. The van der Waals surface area contributed by atoms with Crippen LogP contribution in [0.3, 0.4) is 0 Å². The molecule has 1 aliphatic heterocycles. The van der Waals surface area contributed by atoms with Gasteiger partial charge in [-0.15, -0.1) is 0 Å². The van der Waals surface area contributed by atoms with E-state index >= 15 is 0 Å². The van der Waals surface area contributed by atoms with Gasteiger partial charge in [0.25, 0.3) is 0 Å². The van der Waals surface area contributed by atoms with Gasteiger partial charge in [0.2, 0.25) is 0 Å². The Balaban J connectivity index is 2.50. The molecular weight excluding hydrogens is 158 g/mol. The number of esters is 1. The van der Waals surface area contributed by atoms with E-state index in [2.05, 4.69) is 0 Å². The summed E-state index contributed by atoms with van der Waals surface area (Å²) in [5, 5.41) is 0. The largest absolute Gasteiger partial charge is 0.465 e. The Hall–Kier alpha value is -0.610. The molecule has 1 fully saturated rings. The van der Waals surface area contributed by atoms with Crippen molar-refractivity contribution in [3.8, 4) is 0 Å². The lowest BCUT2D eigenvalue weighted by molar-refractivity contribution is -0.154. The lowest BCUT2D eigenvalue weighted by Crippen LogP contribution is -2.54. The molecule has 0 spiro atoms. The Labute approximate surface area is 72.0 Å². The molecule has 1 atom stereocenters. The van der Waals surface area contributed by atoms with E-state index in [4.69, 9.17) is 15.2 Å². The molecule has 70 valence electrons. The number of hydrogen-bond acceptors (Lipinski definition) is 4. The third-order valence-corrected chi connectivity index (χ3v) is 1.95. The van der Waals surface area contributed by atoms with Gasteiger partial charge in [0.15, 0.2) is 0 Å². The first-order valence-corrected chi connectivity index (χ1v) is 4.23. The molecule has 0 unspecified atom stereocenters. The van der Waals surface area contributed by atoms with Gasteiger partial charge in [-0.3, -0.25) is 0 Å². The van der Waals surface area contributed by atoms with Gasteiger partial charge in [-0.25, -0.2) is 4.79 Å². The summed E-state index contributed by atoms with van der Waals surface area (Å²) in [7, 11) is 0. The molecule has 1 heterocycles. The SMILES string of the molecule is CCOC(=O)[C@@]1(N)CCCOC1. The van der Waals surface area contributed by atoms with Gasteiger partial charge in [0, 0.05) is 6.61 Å². The molecule has 4 heteroatoms. The Morgan fingerprint density at radius 3 is 3.00 bits per heavy atom. The van der Waals surface area contributed by atoms with Crippen molar-refractivity contribution in [2.45, 2.75) is 25.3 Å². The Morgan fingerprint density at radius 1 is 1.75 bits per heavy atom. The van der Waals surface area contributed by atoms with Crippen LogP contribution in [0.25, 0.3) is 0 Å². The highest BCUT2D eigenvalue weighted by Gasteiger charge is 2.37. The normalized spacial score (nSPS) is 29.8. The van der Waals surface area contributed by atoms with E-state index in [1.165, 1.54) is 0 Å². The molecule has 0 aromatic carbocycles. The average molecular weight is 173 g/mol. The Morgan fingerprint density at radius 2 is 2.50 bits per heavy atom. The van der Waals surface area contributed by atoms with Crippen LogP contribution in [0.4, 0.5) is 0 Å². The van der Waals surface area contributed by atoms with Crippen molar-refractivity contribution in [3.05, 3.63) is 0 Å². The number of hydrogen-bond donors (Lipinski definition) is 1. The second kappa shape index (κ2) is 3.87. The topological polar surface area (TPSA) is 61.5 Å². The van der Waals surface area contributed by atoms with Crippen molar-refractivity contribution in [1.82, 2.24) is 0 Å². The molecule has 1 rings (SSSR count). The third kappa shape index (κ3) is 1.95. The smallest absolute Gasteiger partial charge is 0.328 e. The molecule has 0 aromatic heterocycles. The minimum Gasteiger partial charge on any atom is -0.465 e. The van der Waals surface area contributed by atoms with Crippen LogP contribution in [-0.2, 0) is 14.3 Å². The van der Waals surface area contributed by atoms with E-state index in [-0.39, 0.29) is 12.6 Å². The Bertz CT molecular complexity index is 164. The molecule has 4 nitrogen and oxygen atoms in total. The summed E-state index contributed by atoms with van der Waals surface area (Å²) in [4.78, 5) is 11.3. The fourth-order valence-corrected chi connectivity index (χ4v) is 1.25.